The normalized spacial score (nSPS) is 23.3. The SMILES string of the molecule is CO[C@H](C/C=C/[C@H]1CC(O)CC(=O)O1)C[C@@H](/C=C/c1ccccc1)OC. The second-order valence-corrected chi connectivity index (χ2v) is 6.42. The second-order valence-electron chi connectivity index (χ2n) is 6.42. The fraction of sp³-hybridized carbons (Fsp3) is 0.476. The van der Waals surface area contributed by atoms with Crippen molar-refractivity contribution in [1.82, 2.24) is 0 Å². The number of methoxy groups -OCH3 is 2. The van der Waals surface area contributed by atoms with Crippen molar-refractivity contribution in [1.29, 1.82) is 0 Å². The van der Waals surface area contributed by atoms with Gasteiger partial charge < -0.3 is 19.3 Å². The third-order valence-corrected chi connectivity index (χ3v) is 4.37. The zero-order valence-electron chi connectivity index (χ0n) is 15.4. The Morgan fingerprint density at radius 1 is 1.27 bits per heavy atom. The summed E-state index contributed by atoms with van der Waals surface area (Å²) in [5.41, 5.74) is 1.13. The lowest BCUT2D eigenvalue weighted by Gasteiger charge is -2.23. The lowest BCUT2D eigenvalue weighted by molar-refractivity contribution is -0.156. The molecule has 0 aromatic heterocycles. The Labute approximate surface area is 155 Å². The van der Waals surface area contributed by atoms with Crippen LogP contribution in [0.3, 0.4) is 0 Å². The number of esters is 1. The van der Waals surface area contributed by atoms with Gasteiger partial charge in [-0.2, -0.15) is 0 Å². The largest absolute Gasteiger partial charge is 0.458 e. The standard InChI is InChI=1S/C21H28O5/c1-24-18(9-6-10-20-13-17(22)14-21(23)26-20)15-19(25-2)12-11-16-7-4-3-5-8-16/h3-8,10-12,17-20,22H,9,13-15H2,1-2H3/b10-6+,12-11+/t17?,18-,19-,20+/m1/s1. The molecule has 1 fully saturated rings. The maximum atomic E-state index is 11.3. The molecule has 142 valence electrons. The van der Waals surface area contributed by atoms with E-state index in [1.165, 1.54) is 0 Å². The third-order valence-electron chi connectivity index (χ3n) is 4.37. The zero-order valence-corrected chi connectivity index (χ0v) is 15.4. The number of hydrogen-bond acceptors (Lipinski definition) is 5. The molecule has 0 radical (unpaired) electrons. The van der Waals surface area contributed by atoms with E-state index in [0.29, 0.717) is 19.3 Å². The van der Waals surface area contributed by atoms with E-state index in [0.717, 1.165) is 5.56 Å². The summed E-state index contributed by atoms with van der Waals surface area (Å²) in [5, 5.41) is 9.63. The smallest absolute Gasteiger partial charge is 0.309 e. The van der Waals surface area contributed by atoms with Gasteiger partial charge in [0.1, 0.15) is 6.10 Å². The van der Waals surface area contributed by atoms with E-state index in [2.05, 4.69) is 0 Å². The Bertz CT molecular complexity index is 596. The first-order valence-corrected chi connectivity index (χ1v) is 8.93. The van der Waals surface area contributed by atoms with Crippen LogP contribution in [-0.4, -0.2) is 49.7 Å². The lowest BCUT2D eigenvalue weighted by Crippen LogP contribution is -2.31. The van der Waals surface area contributed by atoms with Crippen LogP contribution >= 0.6 is 0 Å². The minimum atomic E-state index is -0.620. The van der Waals surface area contributed by atoms with Crippen LogP contribution in [0.1, 0.15) is 31.2 Å². The van der Waals surface area contributed by atoms with Crippen LogP contribution in [0.5, 0.6) is 0 Å². The molecule has 1 aliphatic rings. The van der Waals surface area contributed by atoms with E-state index >= 15 is 0 Å². The number of ether oxygens (including phenoxy) is 3. The van der Waals surface area contributed by atoms with Crippen molar-refractivity contribution in [3.63, 3.8) is 0 Å². The zero-order chi connectivity index (χ0) is 18.8. The van der Waals surface area contributed by atoms with Gasteiger partial charge in [0, 0.05) is 27.1 Å². The number of hydrogen-bond donors (Lipinski definition) is 1. The van der Waals surface area contributed by atoms with Crippen LogP contribution in [0, 0.1) is 0 Å². The van der Waals surface area contributed by atoms with Crippen molar-refractivity contribution in [3.8, 4) is 0 Å². The van der Waals surface area contributed by atoms with Crippen LogP contribution in [-0.2, 0) is 19.0 Å². The fourth-order valence-corrected chi connectivity index (χ4v) is 2.89. The predicted octanol–water partition coefficient (Wildman–Crippen LogP) is 3.13. The van der Waals surface area contributed by atoms with Gasteiger partial charge in [0.15, 0.2) is 0 Å². The summed E-state index contributed by atoms with van der Waals surface area (Å²) in [6, 6.07) is 10.1. The summed E-state index contributed by atoms with van der Waals surface area (Å²) in [5.74, 6) is -0.354. The summed E-state index contributed by atoms with van der Waals surface area (Å²) < 4.78 is 16.3. The van der Waals surface area contributed by atoms with E-state index in [1.807, 2.05) is 54.6 Å². The summed E-state index contributed by atoms with van der Waals surface area (Å²) >= 11 is 0. The lowest BCUT2D eigenvalue weighted by atomic mass is 10.0. The second kappa shape index (κ2) is 10.9. The third kappa shape index (κ3) is 7.12. The molecular formula is C21H28O5. The van der Waals surface area contributed by atoms with Crippen molar-refractivity contribution in [3.05, 3.63) is 54.1 Å². The Hall–Kier alpha value is -1.95. The molecule has 2 rings (SSSR count). The molecule has 5 heteroatoms. The van der Waals surface area contributed by atoms with E-state index in [1.54, 1.807) is 14.2 Å². The van der Waals surface area contributed by atoms with Gasteiger partial charge in [-0.25, -0.2) is 0 Å². The predicted molar refractivity (Wildman–Crippen MR) is 101 cm³/mol. The minimum absolute atomic E-state index is 0.0131. The molecule has 26 heavy (non-hydrogen) atoms. The van der Waals surface area contributed by atoms with E-state index in [9.17, 15) is 9.90 Å². The highest BCUT2D eigenvalue weighted by Crippen LogP contribution is 2.17. The van der Waals surface area contributed by atoms with Crippen molar-refractivity contribution in [2.75, 3.05) is 14.2 Å². The fourth-order valence-electron chi connectivity index (χ4n) is 2.89. The van der Waals surface area contributed by atoms with Crippen molar-refractivity contribution < 1.29 is 24.1 Å². The Morgan fingerprint density at radius 2 is 2.04 bits per heavy atom. The maximum absolute atomic E-state index is 11.3. The first-order chi connectivity index (χ1) is 12.6. The average Bonchev–Trinajstić information content (AvgIpc) is 2.63. The summed E-state index contributed by atoms with van der Waals surface area (Å²) in [7, 11) is 3.36. The number of benzene rings is 1. The van der Waals surface area contributed by atoms with E-state index in [4.69, 9.17) is 14.2 Å². The molecule has 0 bridgehead atoms. The quantitative estimate of drug-likeness (QED) is 0.541. The van der Waals surface area contributed by atoms with Crippen LogP contribution < -0.4 is 0 Å². The number of aliphatic hydroxyl groups is 1. The van der Waals surface area contributed by atoms with Crippen molar-refractivity contribution in [2.45, 2.75) is 50.1 Å². The van der Waals surface area contributed by atoms with Gasteiger partial charge in [-0.15, -0.1) is 0 Å². The minimum Gasteiger partial charge on any atom is -0.458 e. The summed E-state index contributed by atoms with van der Waals surface area (Å²) in [6.07, 6.45) is 8.71. The average molecular weight is 360 g/mol. The summed E-state index contributed by atoms with van der Waals surface area (Å²) in [4.78, 5) is 11.3. The van der Waals surface area contributed by atoms with E-state index < -0.39 is 6.10 Å². The number of carbonyl (C=O) groups is 1. The molecule has 1 aromatic carbocycles. The van der Waals surface area contributed by atoms with Gasteiger partial charge in [-0.1, -0.05) is 48.6 Å². The van der Waals surface area contributed by atoms with Gasteiger partial charge in [0.05, 0.1) is 24.7 Å². The van der Waals surface area contributed by atoms with Crippen molar-refractivity contribution >= 4 is 12.0 Å². The van der Waals surface area contributed by atoms with Gasteiger partial charge in [-0.05, 0) is 18.1 Å². The number of cyclic esters (lactones) is 1. The van der Waals surface area contributed by atoms with Gasteiger partial charge >= 0.3 is 5.97 Å². The summed E-state index contributed by atoms with van der Waals surface area (Å²) in [6.45, 7) is 0. The molecule has 0 aliphatic carbocycles. The Kier molecular flexibility index (Phi) is 8.54. The molecule has 0 saturated carbocycles. The van der Waals surface area contributed by atoms with Crippen LogP contribution in [0.15, 0.2) is 48.6 Å². The van der Waals surface area contributed by atoms with Crippen LogP contribution in [0.4, 0.5) is 0 Å². The number of rotatable bonds is 9. The molecule has 0 spiro atoms. The highest BCUT2D eigenvalue weighted by molar-refractivity contribution is 5.71. The first kappa shape index (κ1) is 20.4. The molecule has 1 N–H and O–H groups in total. The molecule has 1 unspecified atom stereocenters. The molecule has 1 aromatic rings. The number of carbonyl (C=O) groups excluding carboxylic acids is 1. The van der Waals surface area contributed by atoms with Crippen LogP contribution in [0.2, 0.25) is 0 Å². The molecule has 5 nitrogen and oxygen atoms in total. The van der Waals surface area contributed by atoms with Crippen molar-refractivity contribution in [2.24, 2.45) is 0 Å². The Balaban J connectivity index is 1.83. The molecule has 1 aliphatic heterocycles. The van der Waals surface area contributed by atoms with Gasteiger partial charge in [-0.3, -0.25) is 4.79 Å². The highest BCUT2D eigenvalue weighted by Gasteiger charge is 2.25. The number of aliphatic hydroxyl groups excluding tert-OH is 1. The van der Waals surface area contributed by atoms with Gasteiger partial charge in [0.25, 0.3) is 0 Å². The molecule has 0 amide bonds. The maximum Gasteiger partial charge on any atom is 0.309 e. The molecule has 1 saturated heterocycles. The molecule has 4 atom stereocenters. The molecule has 1 heterocycles. The van der Waals surface area contributed by atoms with Crippen LogP contribution in [0.25, 0.3) is 6.08 Å². The topological polar surface area (TPSA) is 65.0 Å². The Morgan fingerprint density at radius 3 is 2.69 bits per heavy atom. The monoisotopic (exact) mass is 360 g/mol. The highest BCUT2D eigenvalue weighted by atomic mass is 16.5. The molecular weight excluding hydrogens is 332 g/mol. The first-order valence-electron chi connectivity index (χ1n) is 8.93. The van der Waals surface area contributed by atoms with E-state index in [-0.39, 0.29) is 30.7 Å². The van der Waals surface area contributed by atoms with Gasteiger partial charge in [0.2, 0.25) is 0 Å².